The van der Waals surface area contributed by atoms with Crippen molar-refractivity contribution in [2.75, 3.05) is 54.4 Å². The molecular formula is C23H26FN5O4. The first kappa shape index (κ1) is 22.5. The van der Waals surface area contributed by atoms with Crippen LogP contribution in [0.15, 0.2) is 36.4 Å². The molecule has 2 aromatic rings. The van der Waals surface area contributed by atoms with Crippen molar-refractivity contribution in [3.63, 3.8) is 0 Å². The Morgan fingerprint density at radius 1 is 0.970 bits per heavy atom. The lowest BCUT2D eigenvalue weighted by atomic mass is 10.1. The number of nitro benzene ring substituents is 1. The molecule has 2 heterocycles. The van der Waals surface area contributed by atoms with Crippen LogP contribution in [0, 0.1) is 15.9 Å². The summed E-state index contributed by atoms with van der Waals surface area (Å²) >= 11 is 0. The van der Waals surface area contributed by atoms with E-state index in [-0.39, 0.29) is 22.8 Å². The highest BCUT2D eigenvalue weighted by atomic mass is 19.1. The number of benzene rings is 2. The van der Waals surface area contributed by atoms with Gasteiger partial charge < -0.3 is 20.0 Å². The quantitative estimate of drug-likeness (QED) is 0.549. The summed E-state index contributed by atoms with van der Waals surface area (Å²) in [4.78, 5) is 41.3. The van der Waals surface area contributed by atoms with E-state index in [2.05, 4.69) is 5.32 Å². The predicted octanol–water partition coefficient (Wildman–Crippen LogP) is 3.25. The fraction of sp³-hybridized carbons (Fsp3) is 0.391. The third-order valence-corrected chi connectivity index (χ3v) is 6.18. The number of carbonyl (C=O) groups excluding carboxylic acids is 2. The number of amides is 2. The first-order chi connectivity index (χ1) is 15.8. The number of halogens is 1. The van der Waals surface area contributed by atoms with Crippen molar-refractivity contribution in [3.8, 4) is 0 Å². The van der Waals surface area contributed by atoms with E-state index in [0.717, 1.165) is 25.9 Å². The van der Waals surface area contributed by atoms with Crippen molar-refractivity contribution in [1.82, 2.24) is 4.90 Å². The van der Waals surface area contributed by atoms with E-state index < -0.39 is 16.6 Å². The highest BCUT2D eigenvalue weighted by Gasteiger charge is 2.27. The third-order valence-electron chi connectivity index (χ3n) is 6.18. The molecule has 0 bridgehead atoms. The smallest absolute Gasteiger partial charge is 0.293 e. The van der Waals surface area contributed by atoms with Crippen LogP contribution in [0.3, 0.4) is 0 Å². The van der Waals surface area contributed by atoms with Gasteiger partial charge in [-0.2, -0.15) is 0 Å². The van der Waals surface area contributed by atoms with E-state index in [1.54, 1.807) is 23.1 Å². The molecule has 2 aromatic carbocycles. The van der Waals surface area contributed by atoms with Gasteiger partial charge in [0.2, 0.25) is 5.91 Å². The molecule has 2 amide bonds. The minimum Gasteiger partial charge on any atom is -0.370 e. The lowest BCUT2D eigenvalue weighted by molar-refractivity contribution is -0.384. The summed E-state index contributed by atoms with van der Waals surface area (Å²) in [5, 5.41) is 14.4. The normalized spacial score (nSPS) is 16.1. The zero-order chi connectivity index (χ0) is 23.5. The lowest BCUT2D eigenvalue weighted by Gasteiger charge is -2.35. The second-order valence-electron chi connectivity index (χ2n) is 8.24. The van der Waals surface area contributed by atoms with Crippen LogP contribution in [0.4, 0.5) is 27.1 Å². The van der Waals surface area contributed by atoms with Crippen molar-refractivity contribution in [2.24, 2.45) is 0 Å². The van der Waals surface area contributed by atoms with Crippen molar-refractivity contribution in [3.05, 3.63) is 57.9 Å². The Bertz CT molecular complexity index is 1080. The molecule has 0 radical (unpaired) electrons. The van der Waals surface area contributed by atoms with E-state index in [1.165, 1.54) is 25.1 Å². The molecule has 2 aliphatic heterocycles. The molecule has 1 N–H and O–H groups in total. The van der Waals surface area contributed by atoms with Gasteiger partial charge >= 0.3 is 0 Å². The maximum atomic E-state index is 14.6. The molecule has 4 rings (SSSR count). The lowest BCUT2D eigenvalue weighted by Crippen LogP contribution is -2.48. The largest absolute Gasteiger partial charge is 0.370 e. The maximum Gasteiger partial charge on any atom is 0.293 e. The molecular weight excluding hydrogens is 429 g/mol. The summed E-state index contributed by atoms with van der Waals surface area (Å²) < 4.78 is 14.6. The number of rotatable bonds is 5. The third kappa shape index (κ3) is 4.74. The molecule has 2 fully saturated rings. The monoisotopic (exact) mass is 455 g/mol. The minimum absolute atomic E-state index is 0.0300. The molecule has 10 heteroatoms. The summed E-state index contributed by atoms with van der Waals surface area (Å²) in [5.41, 5.74) is 0.950. The van der Waals surface area contributed by atoms with Crippen molar-refractivity contribution in [1.29, 1.82) is 0 Å². The molecule has 0 aliphatic carbocycles. The van der Waals surface area contributed by atoms with Crippen LogP contribution in [-0.2, 0) is 4.79 Å². The number of piperazine rings is 1. The van der Waals surface area contributed by atoms with Crippen LogP contribution in [0.1, 0.15) is 30.1 Å². The van der Waals surface area contributed by atoms with Crippen LogP contribution in [0.2, 0.25) is 0 Å². The molecule has 0 aromatic heterocycles. The maximum absolute atomic E-state index is 14.6. The molecule has 9 nitrogen and oxygen atoms in total. The van der Waals surface area contributed by atoms with Gasteiger partial charge in [0.05, 0.1) is 10.6 Å². The zero-order valence-electron chi connectivity index (χ0n) is 18.4. The Morgan fingerprint density at radius 2 is 1.64 bits per heavy atom. The second-order valence-corrected chi connectivity index (χ2v) is 8.24. The number of hydrogen-bond acceptors (Lipinski definition) is 6. The number of nitro groups is 1. The second kappa shape index (κ2) is 9.43. The Balaban J connectivity index is 1.57. The topological polar surface area (TPSA) is 99.0 Å². The van der Waals surface area contributed by atoms with Crippen LogP contribution in [-0.4, -0.2) is 60.9 Å². The minimum atomic E-state index is -0.614. The number of nitrogens with zero attached hydrogens (tertiary/aromatic N) is 4. The van der Waals surface area contributed by atoms with Gasteiger partial charge in [0, 0.05) is 57.8 Å². The van der Waals surface area contributed by atoms with Gasteiger partial charge in [0.1, 0.15) is 17.2 Å². The summed E-state index contributed by atoms with van der Waals surface area (Å²) in [5.74, 6) is -1.20. The van der Waals surface area contributed by atoms with E-state index in [9.17, 15) is 24.1 Å². The van der Waals surface area contributed by atoms with Gasteiger partial charge in [-0.25, -0.2) is 4.39 Å². The molecule has 33 heavy (non-hydrogen) atoms. The van der Waals surface area contributed by atoms with Gasteiger partial charge in [-0.1, -0.05) is 6.07 Å². The summed E-state index contributed by atoms with van der Waals surface area (Å²) in [6, 6.07) is 8.91. The van der Waals surface area contributed by atoms with Gasteiger partial charge in [-0.3, -0.25) is 19.7 Å². The number of hydrogen-bond donors (Lipinski definition) is 1. The van der Waals surface area contributed by atoms with Gasteiger partial charge in [0.15, 0.2) is 0 Å². The van der Waals surface area contributed by atoms with Gasteiger partial charge in [0.25, 0.3) is 11.6 Å². The van der Waals surface area contributed by atoms with Crippen molar-refractivity contribution >= 4 is 34.6 Å². The summed E-state index contributed by atoms with van der Waals surface area (Å²) in [6.45, 7) is 4.92. The highest BCUT2D eigenvalue weighted by molar-refractivity contribution is 6.06. The SMILES string of the molecule is CC(=O)N1CCN(c2ccc(C(=O)Nc3c(F)cccc3N3CCCC3)cc2[N+](=O)[O-])CC1. The number of carbonyl (C=O) groups is 2. The van der Waals surface area contributed by atoms with E-state index in [0.29, 0.717) is 37.6 Å². The Hall–Kier alpha value is -3.69. The van der Waals surface area contributed by atoms with Crippen LogP contribution >= 0.6 is 0 Å². The molecule has 0 unspecified atom stereocenters. The average molecular weight is 455 g/mol. The Kier molecular flexibility index (Phi) is 6.43. The molecule has 0 spiro atoms. The van der Waals surface area contributed by atoms with E-state index >= 15 is 0 Å². The first-order valence-corrected chi connectivity index (χ1v) is 11.0. The predicted molar refractivity (Wildman–Crippen MR) is 123 cm³/mol. The molecule has 2 aliphatic rings. The van der Waals surface area contributed by atoms with Crippen molar-refractivity contribution < 1.29 is 18.9 Å². The van der Waals surface area contributed by atoms with Crippen LogP contribution in [0.5, 0.6) is 0 Å². The molecule has 2 saturated heterocycles. The Morgan fingerprint density at radius 3 is 2.27 bits per heavy atom. The fourth-order valence-electron chi connectivity index (χ4n) is 4.38. The number of nitrogens with one attached hydrogen (secondary N) is 1. The first-order valence-electron chi connectivity index (χ1n) is 11.0. The van der Waals surface area contributed by atoms with Crippen LogP contribution < -0.4 is 15.1 Å². The summed E-state index contributed by atoms with van der Waals surface area (Å²) in [7, 11) is 0. The molecule has 0 saturated carbocycles. The van der Waals surface area contributed by atoms with Gasteiger partial charge in [-0.15, -0.1) is 0 Å². The number of para-hydroxylation sites is 1. The van der Waals surface area contributed by atoms with Crippen LogP contribution in [0.25, 0.3) is 0 Å². The molecule has 0 atom stereocenters. The zero-order valence-corrected chi connectivity index (χ0v) is 18.4. The highest BCUT2D eigenvalue weighted by Crippen LogP contribution is 2.33. The standard InChI is InChI=1S/C23H26FN5O4/c1-16(30)26-11-13-28(14-12-26)19-8-7-17(15-21(19)29(32)33)23(31)25-22-18(24)5-4-6-20(22)27-9-2-3-10-27/h4-8,15H,2-3,9-14H2,1H3,(H,25,31). The van der Waals surface area contributed by atoms with Crippen molar-refractivity contribution in [2.45, 2.75) is 19.8 Å². The molecule has 174 valence electrons. The Labute approximate surface area is 190 Å². The van der Waals surface area contributed by atoms with E-state index in [1.807, 2.05) is 9.80 Å². The summed E-state index contributed by atoms with van der Waals surface area (Å²) in [6.07, 6.45) is 2.00. The number of anilines is 3. The van der Waals surface area contributed by atoms with E-state index in [4.69, 9.17) is 0 Å². The fourth-order valence-corrected chi connectivity index (χ4v) is 4.38. The van der Waals surface area contributed by atoms with Gasteiger partial charge in [-0.05, 0) is 37.1 Å². The average Bonchev–Trinajstić information content (AvgIpc) is 3.34.